The van der Waals surface area contributed by atoms with Crippen LogP contribution >= 0.6 is 0 Å². The molecule has 8 heteroatoms. The van der Waals surface area contributed by atoms with E-state index in [1.165, 1.54) is 31.2 Å². The van der Waals surface area contributed by atoms with E-state index in [0.717, 1.165) is 5.01 Å². The van der Waals surface area contributed by atoms with Gasteiger partial charge in [-0.25, -0.2) is 0 Å². The van der Waals surface area contributed by atoms with Gasteiger partial charge >= 0.3 is 0 Å². The molecule has 8 nitrogen and oxygen atoms in total. The maximum Gasteiger partial charge on any atom is 0.295 e. The maximum absolute atomic E-state index is 11.3. The number of carbonyl (C=O) groups is 1. The molecule has 0 saturated heterocycles. The van der Waals surface area contributed by atoms with Crippen molar-refractivity contribution in [3.63, 3.8) is 0 Å². The van der Waals surface area contributed by atoms with Crippen molar-refractivity contribution in [1.82, 2.24) is 0 Å². The molecular weight excluding hydrogens is 240 g/mol. The summed E-state index contributed by atoms with van der Waals surface area (Å²) in [7, 11) is 0. The van der Waals surface area contributed by atoms with Gasteiger partial charge in [0.15, 0.2) is 0 Å². The van der Waals surface area contributed by atoms with Crippen LogP contribution in [0.2, 0.25) is 0 Å². The van der Waals surface area contributed by atoms with Gasteiger partial charge in [-0.1, -0.05) is 5.01 Å². The zero-order chi connectivity index (χ0) is 13.5. The van der Waals surface area contributed by atoms with Crippen LogP contribution in [-0.2, 0) is 9.53 Å². The Bertz CT molecular complexity index is 480. The third-order valence-electron chi connectivity index (χ3n) is 2.11. The first-order valence-electron chi connectivity index (χ1n) is 4.83. The molecule has 18 heavy (non-hydrogen) atoms. The molecule has 94 valence electrons. The standard InChI is InChI=1S/C10H10N4O4/c1-8(18-7-15)13(14(17)12-16)10-4-2-9(6-11)3-5-10/h2-5,7-8,16H,1H3/p-1/b14-12-. The molecule has 0 saturated carbocycles. The highest BCUT2D eigenvalue weighted by atomic mass is 16.6. The van der Waals surface area contributed by atoms with Crippen LogP contribution in [-0.4, -0.2) is 17.7 Å². The molecule has 0 N–H and O–H groups in total. The third kappa shape index (κ3) is 2.85. The van der Waals surface area contributed by atoms with Crippen LogP contribution in [0.5, 0.6) is 0 Å². The molecule has 1 aromatic rings. The molecule has 0 spiro atoms. The van der Waals surface area contributed by atoms with Gasteiger partial charge in [-0.15, -0.1) is 0 Å². The molecule has 0 heterocycles. The fourth-order valence-corrected chi connectivity index (χ4v) is 1.31. The van der Waals surface area contributed by atoms with E-state index in [2.05, 4.69) is 10.0 Å². The molecular formula is C10H9N4O4-. The molecule has 1 atom stereocenters. The van der Waals surface area contributed by atoms with E-state index >= 15 is 0 Å². The largest absolute Gasteiger partial charge is 0.737 e. The van der Waals surface area contributed by atoms with E-state index < -0.39 is 6.23 Å². The van der Waals surface area contributed by atoms with Crippen LogP contribution in [0, 0.1) is 21.7 Å². The molecule has 1 unspecified atom stereocenters. The van der Waals surface area contributed by atoms with Crippen molar-refractivity contribution < 1.29 is 14.5 Å². The number of hydrazine groups is 1. The lowest BCUT2D eigenvalue weighted by Gasteiger charge is -2.23. The Hall–Kier alpha value is -2.82. The smallest absolute Gasteiger partial charge is 0.295 e. The zero-order valence-corrected chi connectivity index (χ0v) is 9.39. The number of anilines is 1. The van der Waals surface area contributed by atoms with Crippen molar-refractivity contribution >= 4 is 12.2 Å². The van der Waals surface area contributed by atoms with Crippen LogP contribution in [0.15, 0.2) is 29.5 Å². The fraction of sp³-hybridized carbons (Fsp3) is 0.200. The molecule has 0 bridgehead atoms. The molecule has 1 aromatic carbocycles. The molecule has 0 aromatic heterocycles. The summed E-state index contributed by atoms with van der Waals surface area (Å²) in [6, 6.07) is 7.67. The Morgan fingerprint density at radius 3 is 2.61 bits per heavy atom. The third-order valence-corrected chi connectivity index (χ3v) is 2.11. The number of rotatable bonds is 5. The van der Waals surface area contributed by atoms with Crippen LogP contribution < -0.4 is 5.01 Å². The van der Waals surface area contributed by atoms with Gasteiger partial charge in [-0.05, 0) is 36.5 Å². The minimum absolute atomic E-state index is 0.153. The lowest BCUT2D eigenvalue weighted by molar-refractivity contribution is -0.550. The maximum atomic E-state index is 11.3. The summed E-state index contributed by atoms with van der Waals surface area (Å²) in [6.07, 6.45) is -1.01. The Balaban J connectivity index is 3.09. The Morgan fingerprint density at radius 1 is 1.56 bits per heavy atom. The number of ether oxygens (including phenoxy) is 1. The summed E-state index contributed by atoms with van der Waals surface area (Å²) >= 11 is 0. The first-order valence-corrected chi connectivity index (χ1v) is 4.83. The van der Waals surface area contributed by atoms with Gasteiger partial charge in [0.05, 0.1) is 11.6 Å². The van der Waals surface area contributed by atoms with E-state index in [1.807, 2.05) is 6.07 Å². The Kier molecular flexibility index (Phi) is 4.45. The van der Waals surface area contributed by atoms with Crippen molar-refractivity contribution in [2.45, 2.75) is 13.2 Å². The number of nitriles is 1. The minimum Gasteiger partial charge on any atom is -0.737 e. The number of nitrogens with zero attached hydrogens (tertiary/aromatic N) is 4. The molecule has 0 amide bonds. The van der Waals surface area contributed by atoms with Gasteiger partial charge in [0, 0.05) is 4.97 Å². The molecule has 0 radical (unpaired) electrons. The highest BCUT2D eigenvalue weighted by Crippen LogP contribution is 2.18. The molecule has 1 rings (SSSR count). The summed E-state index contributed by atoms with van der Waals surface area (Å²) in [5, 5.41) is 33.2. The van der Waals surface area contributed by atoms with E-state index in [-0.39, 0.29) is 17.1 Å². The normalized spacial score (nSPS) is 12.3. The van der Waals surface area contributed by atoms with Crippen LogP contribution in [0.3, 0.4) is 0 Å². The lowest BCUT2D eigenvalue weighted by atomic mass is 10.2. The number of hydrogen-bond donors (Lipinski definition) is 0. The monoisotopic (exact) mass is 249 g/mol. The average Bonchev–Trinajstić information content (AvgIpc) is 2.40. The van der Waals surface area contributed by atoms with E-state index in [0.29, 0.717) is 5.56 Å². The van der Waals surface area contributed by atoms with Gasteiger partial charge in [-0.3, -0.25) is 4.79 Å². The van der Waals surface area contributed by atoms with Crippen LogP contribution in [0.1, 0.15) is 12.5 Å². The van der Waals surface area contributed by atoms with Crippen LogP contribution in [0.25, 0.3) is 0 Å². The van der Waals surface area contributed by atoms with E-state index in [4.69, 9.17) is 5.26 Å². The molecule has 0 fully saturated rings. The Morgan fingerprint density at radius 2 is 2.17 bits per heavy atom. The molecule has 0 aliphatic rings. The number of carbonyl (C=O) groups excluding carboxylic acids is 1. The average molecular weight is 249 g/mol. The predicted molar refractivity (Wildman–Crippen MR) is 59.7 cm³/mol. The fourth-order valence-electron chi connectivity index (χ4n) is 1.31. The lowest BCUT2D eigenvalue weighted by Crippen LogP contribution is -2.40. The van der Waals surface area contributed by atoms with Crippen LogP contribution in [0.4, 0.5) is 5.69 Å². The van der Waals surface area contributed by atoms with Gasteiger partial charge in [0.25, 0.3) is 6.47 Å². The van der Waals surface area contributed by atoms with Gasteiger partial charge < -0.3 is 15.2 Å². The quantitative estimate of drug-likeness (QED) is 0.255. The van der Waals surface area contributed by atoms with Crippen molar-refractivity contribution in [3.8, 4) is 6.07 Å². The van der Waals surface area contributed by atoms with Crippen molar-refractivity contribution in [1.29, 1.82) is 5.26 Å². The first-order chi connectivity index (χ1) is 8.63. The molecule has 0 aliphatic heterocycles. The zero-order valence-electron chi connectivity index (χ0n) is 9.39. The first kappa shape index (κ1) is 13.2. The second kappa shape index (κ2) is 6.05. The topological polar surface area (TPSA) is 115 Å². The number of hydrogen-bond acceptors (Lipinski definition) is 6. The Labute approximate surface area is 102 Å². The van der Waals surface area contributed by atoms with Crippen molar-refractivity contribution in [3.05, 3.63) is 40.2 Å². The van der Waals surface area contributed by atoms with Crippen molar-refractivity contribution in [2.75, 3.05) is 5.01 Å². The SMILES string of the molecule is CC(OC=O)N(c1ccc(C#N)cc1)/[N+]([O-])=N/[O-]. The molecule has 0 aliphatic carbocycles. The number of benzene rings is 1. The highest BCUT2D eigenvalue weighted by Gasteiger charge is 2.23. The summed E-state index contributed by atoms with van der Waals surface area (Å²) < 4.78 is 4.58. The second-order valence-corrected chi connectivity index (χ2v) is 3.17. The predicted octanol–water partition coefficient (Wildman–Crippen LogP) is 1.26. The van der Waals surface area contributed by atoms with E-state index in [1.54, 1.807) is 0 Å². The summed E-state index contributed by atoms with van der Waals surface area (Å²) in [5.41, 5.74) is 0.650. The van der Waals surface area contributed by atoms with E-state index in [9.17, 15) is 15.2 Å². The minimum atomic E-state index is -1.01. The van der Waals surface area contributed by atoms with Gasteiger partial charge in [-0.2, -0.15) is 5.26 Å². The summed E-state index contributed by atoms with van der Waals surface area (Å²) in [4.78, 5) is 10.0. The summed E-state index contributed by atoms with van der Waals surface area (Å²) in [5.74, 6) is 0. The second-order valence-electron chi connectivity index (χ2n) is 3.17. The van der Waals surface area contributed by atoms with Crippen molar-refractivity contribution in [2.24, 2.45) is 5.28 Å². The highest BCUT2D eigenvalue weighted by molar-refractivity contribution is 5.48. The summed E-state index contributed by atoms with van der Waals surface area (Å²) in [6.45, 7) is 1.54. The van der Waals surface area contributed by atoms with Gasteiger partial charge in [0.2, 0.25) is 6.23 Å². The van der Waals surface area contributed by atoms with Gasteiger partial charge in [0.1, 0.15) is 5.69 Å².